The van der Waals surface area contributed by atoms with Crippen molar-refractivity contribution in [1.29, 1.82) is 0 Å². The van der Waals surface area contributed by atoms with Crippen molar-refractivity contribution in [3.63, 3.8) is 0 Å². The quantitative estimate of drug-likeness (QED) is 0.781. The van der Waals surface area contributed by atoms with Crippen molar-refractivity contribution in [1.82, 2.24) is 15.5 Å². The Kier molecular flexibility index (Phi) is 4.97. The van der Waals surface area contributed by atoms with Crippen molar-refractivity contribution in [2.45, 2.75) is 32.9 Å². The number of thioether (sulfide) groups is 1. The maximum Gasteiger partial charge on any atom is 0.223 e. The molecule has 0 spiro atoms. The van der Waals surface area contributed by atoms with E-state index in [9.17, 15) is 0 Å². The van der Waals surface area contributed by atoms with Crippen LogP contribution in [0.5, 0.6) is 0 Å². The van der Waals surface area contributed by atoms with Gasteiger partial charge in [-0.05, 0) is 25.4 Å². The Morgan fingerprint density at radius 2 is 2.36 bits per heavy atom. The fourth-order valence-electron chi connectivity index (χ4n) is 1.08. The molecule has 1 aromatic heterocycles. The third-order valence-electron chi connectivity index (χ3n) is 1.93. The first-order valence-corrected chi connectivity index (χ1v) is 6.13. The van der Waals surface area contributed by atoms with Crippen LogP contribution in [0.2, 0.25) is 0 Å². The van der Waals surface area contributed by atoms with Crippen LogP contribution in [0.25, 0.3) is 0 Å². The number of nitrogens with zero attached hydrogens (tertiary/aromatic N) is 2. The lowest BCUT2D eigenvalue weighted by atomic mass is 10.2. The van der Waals surface area contributed by atoms with Gasteiger partial charge in [0.2, 0.25) is 5.89 Å². The van der Waals surface area contributed by atoms with E-state index in [-0.39, 0.29) is 0 Å². The molecule has 1 aromatic rings. The summed E-state index contributed by atoms with van der Waals surface area (Å²) in [5, 5.41) is 7.16. The highest BCUT2D eigenvalue weighted by Crippen LogP contribution is 2.01. The van der Waals surface area contributed by atoms with Gasteiger partial charge in [-0.25, -0.2) is 0 Å². The molecule has 0 radical (unpaired) electrons. The van der Waals surface area contributed by atoms with Gasteiger partial charge < -0.3 is 9.84 Å². The average molecular weight is 215 g/mol. The Balaban J connectivity index is 2.20. The summed E-state index contributed by atoms with van der Waals surface area (Å²) >= 11 is 1.87. The predicted octanol–water partition coefficient (Wildman–Crippen LogP) is 1.61. The summed E-state index contributed by atoms with van der Waals surface area (Å²) in [4.78, 5) is 4.12. The summed E-state index contributed by atoms with van der Waals surface area (Å²) in [5.41, 5.74) is 0. The highest BCUT2D eigenvalue weighted by molar-refractivity contribution is 7.98. The maximum atomic E-state index is 4.87. The minimum absolute atomic E-state index is 0.501. The summed E-state index contributed by atoms with van der Waals surface area (Å²) in [6.07, 6.45) is 3.28. The maximum absolute atomic E-state index is 4.87. The molecule has 0 aliphatic carbocycles. The van der Waals surface area contributed by atoms with Crippen LogP contribution in [0.4, 0.5) is 0 Å². The highest BCUT2D eigenvalue weighted by Gasteiger charge is 2.04. The number of hydrogen-bond acceptors (Lipinski definition) is 5. The van der Waals surface area contributed by atoms with E-state index in [4.69, 9.17) is 4.52 Å². The smallest absolute Gasteiger partial charge is 0.223 e. The van der Waals surface area contributed by atoms with Gasteiger partial charge in [-0.15, -0.1) is 0 Å². The molecule has 0 amide bonds. The molecule has 1 unspecified atom stereocenters. The van der Waals surface area contributed by atoms with Crippen molar-refractivity contribution >= 4 is 11.8 Å². The van der Waals surface area contributed by atoms with Crippen molar-refractivity contribution < 1.29 is 4.52 Å². The first-order chi connectivity index (χ1) is 6.72. The van der Waals surface area contributed by atoms with Gasteiger partial charge in [0.05, 0.1) is 6.54 Å². The van der Waals surface area contributed by atoms with Crippen LogP contribution >= 0.6 is 11.8 Å². The van der Waals surface area contributed by atoms with Crippen LogP contribution < -0.4 is 5.32 Å². The molecule has 14 heavy (non-hydrogen) atoms. The Bertz CT molecular complexity index is 264. The molecule has 0 fully saturated rings. The van der Waals surface area contributed by atoms with Gasteiger partial charge in [0.25, 0.3) is 0 Å². The summed E-state index contributed by atoms with van der Waals surface area (Å²) in [6, 6.07) is 0.501. The van der Waals surface area contributed by atoms with E-state index in [1.165, 1.54) is 5.75 Å². The second kappa shape index (κ2) is 6.03. The van der Waals surface area contributed by atoms with Gasteiger partial charge in [-0.2, -0.15) is 16.7 Å². The topological polar surface area (TPSA) is 51.0 Å². The average Bonchev–Trinajstić information content (AvgIpc) is 2.58. The molecule has 5 heteroatoms. The van der Waals surface area contributed by atoms with E-state index in [0.717, 1.165) is 12.2 Å². The lowest BCUT2D eigenvalue weighted by Crippen LogP contribution is -2.26. The molecule has 0 aromatic carbocycles. The molecule has 0 bridgehead atoms. The number of rotatable bonds is 6. The van der Waals surface area contributed by atoms with E-state index >= 15 is 0 Å². The van der Waals surface area contributed by atoms with Crippen LogP contribution in [0.3, 0.4) is 0 Å². The number of nitrogens with one attached hydrogen (secondary N) is 1. The van der Waals surface area contributed by atoms with E-state index < -0.39 is 0 Å². The zero-order valence-electron chi connectivity index (χ0n) is 8.91. The number of aromatic nitrogens is 2. The highest BCUT2D eigenvalue weighted by atomic mass is 32.2. The molecule has 0 saturated carbocycles. The lowest BCUT2D eigenvalue weighted by molar-refractivity contribution is 0.383. The summed E-state index contributed by atoms with van der Waals surface area (Å²) in [5.74, 6) is 2.54. The van der Waals surface area contributed by atoms with E-state index in [0.29, 0.717) is 18.5 Å². The van der Waals surface area contributed by atoms with Crippen LogP contribution in [0.15, 0.2) is 4.52 Å². The van der Waals surface area contributed by atoms with Crippen molar-refractivity contribution in [3.8, 4) is 0 Å². The molecular formula is C9H17N3OS. The van der Waals surface area contributed by atoms with E-state index in [1.807, 2.05) is 11.8 Å². The largest absolute Gasteiger partial charge is 0.340 e. The lowest BCUT2D eigenvalue weighted by Gasteiger charge is -2.10. The molecule has 1 atom stereocenters. The normalized spacial score (nSPS) is 13.1. The zero-order chi connectivity index (χ0) is 10.4. The number of hydrogen-bond donors (Lipinski definition) is 1. The van der Waals surface area contributed by atoms with Gasteiger partial charge in [0.1, 0.15) is 0 Å². The Morgan fingerprint density at radius 1 is 1.57 bits per heavy atom. The van der Waals surface area contributed by atoms with Crippen molar-refractivity contribution in [2.75, 3.05) is 12.0 Å². The van der Waals surface area contributed by atoms with E-state index in [2.05, 4.69) is 28.6 Å². The summed E-state index contributed by atoms with van der Waals surface area (Å²) in [6.45, 7) is 4.66. The first-order valence-electron chi connectivity index (χ1n) is 4.74. The molecule has 4 nitrogen and oxygen atoms in total. The Morgan fingerprint density at radius 3 is 2.93 bits per heavy atom. The third kappa shape index (κ3) is 4.11. The molecule has 0 aliphatic heterocycles. The predicted molar refractivity (Wildman–Crippen MR) is 58.3 cm³/mol. The Hall–Kier alpha value is -0.550. The van der Waals surface area contributed by atoms with E-state index in [1.54, 1.807) is 6.92 Å². The molecule has 0 saturated heterocycles. The zero-order valence-corrected chi connectivity index (χ0v) is 9.73. The monoisotopic (exact) mass is 215 g/mol. The van der Waals surface area contributed by atoms with Gasteiger partial charge in [0.15, 0.2) is 5.82 Å². The Labute approximate surface area is 88.8 Å². The summed E-state index contributed by atoms with van der Waals surface area (Å²) in [7, 11) is 0. The van der Waals surface area contributed by atoms with Crippen molar-refractivity contribution in [2.24, 2.45) is 0 Å². The standard InChI is InChI=1S/C9H17N3OS/c1-7(4-5-14-3)10-6-9-11-8(2)13-12-9/h7,10H,4-6H2,1-3H3. The summed E-state index contributed by atoms with van der Waals surface area (Å²) < 4.78 is 4.87. The fourth-order valence-corrected chi connectivity index (χ4v) is 1.66. The van der Waals surface area contributed by atoms with Crippen LogP contribution in [0.1, 0.15) is 25.1 Å². The van der Waals surface area contributed by atoms with Gasteiger partial charge in [-0.1, -0.05) is 5.16 Å². The molecular weight excluding hydrogens is 198 g/mol. The van der Waals surface area contributed by atoms with Gasteiger partial charge in [-0.3, -0.25) is 0 Å². The van der Waals surface area contributed by atoms with Crippen LogP contribution in [-0.2, 0) is 6.54 Å². The minimum atomic E-state index is 0.501. The second-order valence-electron chi connectivity index (χ2n) is 3.29. The van der Waals surface area contributed by atoms with Gasteiger partial charge >= 0.3 is 0 Å². The molecule has 80 valence electrons. The molecule has 0 aliphatic rings. The molecule has 1 N–H and O–H groups in total. The molecule has 1 heterocycles. The number of aryl methyl sites for hydroxylation is 1. The fraction of sp³-hybridized carbons (Fsp3) is 0.778. The SMILES string of the molecule is CSCCC(C)NCc1noc(C)n1. The van der Waals surface area contributed by atoms with Crippen LogP contribution in [0, 0.1) is 6.92 Å². The second-order valence-corrected chi connectivity index (χ2v) is 4.28. The van der Waals surface area contributed by atoms with Crippen molar-refractivity contribution in [3.05, 3.63) is 11.7 Å². The molecule has 1 rings (SSSR count). The third-order valence-corrected chi connectivity index (χ3v) is 2.58. The van der Waals surface area contributed by atoms with Gasteiger partial charge in [0, 0.05) is 13.0 Å². The van der Waals surface area contributed by atoms with Crippen LogP contribution in [-0.4, -0.2) is 28.2 Å². The minimum Gasteiger partial charge on any atom is -0.340 e. The first kappa shape index (κ1) is 11.5.